The number of benzene rings is 2. The molecule has 1 aliphatic rings. The van der Waals surface area contributed by atoms with E-state index >= 15 is 0 Å². The van der Waals surface area contributed by atoms with Gasteiger partial charge in [-0.25, -0.2) is 0 Å². The molecule has 4 rings (SSSR count). The fourth-order valence-electron chi connectivity index (χ4n) is 3.01. The number of carbonyl (C=O) groups is 1. The number of nitrogens with one attached hydrogen (secondary N) is 1. The van der Waals surface area contributed by atoms with Crippen molar-refractivity contribution in [3.8, 4) is 17.1 Å². The van der Waals surface area contributed by atoms with Crippen molar-refractivity contribution < 1.29 is 13.9 Å². The summed E-state index contributed by atoms with van der Waals surface area (Å²) >= 11 is 0. The molecule has 0 bridgehead atoms. The van der Waals surface area contributed by atoms with Gasteiger partial charge in [0.15, 0.2) is 0 Å². The van der Waals surface area contributed by atoms with Crippen LogP contribution >= 0.6 is 0 Å². The number of hydrogen-bond acceptors (Lipinski definition) is 3. The van der Waals surface area contributed by atoms with E-state index in [1.54, 1.807) is 6.26 Å². The van der Waals surface area contributed by atoms with Crippen LogP contribution in [0.5, 0.6) is 5.75 Å². The van der Waals surface area contributed by atoms with Crippen molar-refractivity contribution in [1.82, 2.24) is 0 Å². The quantitative estimate of drug-likeness (QED) is 0.696. The van der Waals surface area contributed by atoms with Crippen LogP contribution in [0.15, 0.2) is 65.3 Å². The molecule has 0 atom stereocenters. The lowest BCUT2D eigenvalue weighted by molar-refractivity contribution is -0.110. The molecule has 4 nitrogen and oxygen atoms in total. The van der Waals surface area contributed by atoms with Crippen LogP contribution in [0.25, 0.3) is 23.0 Å². The first kappa shape index (κ1) is 15.3. The predicted octanol–water partition coefficient (Wildman–Crippen LogP) is 4.84. The van der Waals surface area contributed by atoms with Gasteiger partial charge in [-0.3, -0.25) is 4.79 Å². The number of rotatable bonds is 4. The predicted molar refractivity (Wildman–Crippen MR) is 98.3 cm³/mol. The summed E-state index contributed by atoms with van der Waals surface area (Å²) in [6.45, 7) is 2.52. The smallest absolute Gasteiger partial charge is 0.256 e. The van der Waals surface area contributed by atoms with E-state index < -0.39 is 0 Å². The summed E-state index contributed by atoms with van der Waals surface area (Å²) in [5.41, 5.74) is 4.17. The maximum atomic E-state index is 12.5. The minimum absolute atomic E-state index is 0.113. The number of anilines is 1. The molecule has 0 spiro atoms. The Hall–Kier alpha value is -3.27. The Kier molecular flexibility index (Phi) is 3.86. The van der Waals surface area contributed by atoms with E-state index in [1.807, 2.05) is 67.6 Å². The third-order valence-electron chi connectivity index (χ3n) is 4.13. The van der Waals surface area contributed by atoms with Gasteiger partial charge in [0.2, 0.25) is 0 Å². The van der Waals surface area contributed by atoms with Crippen molar-refractivity contribution in [2.75, 3.05) is 11.9 Å². The van der Waals surface area contributed by atoms with Gasteiger partial charge in [-0.15, -0.1) is 0 Å². The number of amides is 1. The monoisotopic (exact) mass is 331 g/mol. The van der Waals surface area contributed by atoms with Gasteiger partial charge >= 0.3 is 0 Å². The average Bonchev–Trinajstić information content (AvgIpc) is 3.24. The number of hydrogen-bond donors (Lipinski definition) is 1. The van der Waals surface area contributed by atoms with E-state index in [1.165, 1.54) is 0 Å². The van der Waals surface area contributed by atoms with Gasteiger partial charge in [0, 0.05) is 22.8 Å². The van der Waals surface area contributed by atoms with Crippen molar-refractivity contribution in [3.63, 3.8) is 0 Å². The lowest BCUT2D eigenvalue weighted by Gasteiger charge is -2.06. The molecule has 1 aliphatic heterocycles. The highest BCUT2D eigenvalue weighted by molar-refractivity contribution is 6.35. The highest BCUT2D eigenvalue weighted by atomic mass is 16.5. The largest absolute Gasteiger partial charge is 0.494 e. The molecule has 0 fully saturated rings. The van der Waals surface area contributed by atoms with Crippen LogP contribution in [0.3, 0.4) is 0 Å². The first-order chi connectivity index (χ1) is 12.3. The zero-order valence-corrected chi connectivity index (χ0v) is 13.8. The molecule has 2 heterocycles. The Morgan fingerprint density at radius 3 is 2.76 bits per heavy atom. The highest BCUT2D eigenvalue weighted by Gasteiger charge is 2.25. The van der Waals surface area contributed by atoms with Crippen molar-refractivity contribution >= 4 is 23.2 Å². The molecule has 1 aromatic heterocycles. The van der Waals surface area contributed by atoms with Gasteiger partial charge in [0.05, 0.1) is 18.6 Å². The third kappa shape index (κ3) is 2.83. The molecule has 0 saturated heterocycles. The number of furan rings is 1. The van der Waals surface area contributed by atoms with E-state index in [0.717, 1.165) is 33.9 Å². The number of carbonyl (C=O) groups excluding carboxylic acids is 1. The highest BCUT2D eigenvalue weighted by Crippen LogP contribution is 2.37. The van der Waals surface area contributed by atoms with Crippen molar-refractivity contribution in [2.45, 2.75) is 6.92 Å². The van der Waals surface area contributed by atoms with Crippen molar-refractivity contribution in [2.24, 2.45) is 0 Å². The van der Waals surface area contributed by atoms with E-state index in [4.69, 9.17) is 9.15 Å². The summed E-state index contributed by atoms with van der Waals surface area (Å²) in [4.78, 5) is 12.5. The Bertz CT molecular complexity index is 955. The Labute approximate surface area is 145 Å². The molecule has 0 unspecified atom stereocenters. The van der Waals surface area contributed by atoms with Crippen LogP contribution < -0.4 is 10.1 Å². The van der Waals surface area contributed by atoms with Crippen LogP contribution in [-0.2, 0) is 4.79 Å². The summed E-state index contributed by atoms with van der Waals surface area (Å²) in [5, 5.41) is 2.91. The van der Waals surface area contributed by atoms with Gasteiger partial charge in [-0.2, -0.15) is 0 Å². The van der Waals surface area contributed by atoms with E-state index in [0.29, 0.717) is 12.2 Å². The van der Waals surface area contributed by atoms with Crippen LogP contribution in [0.1, 0.15) is 18.1 Å². The average molecular weight is 331 g/mol. The molecule has 25 heavy (non-hydrogen) atoms. The third-order valence-corrected chi connectivity index (χ3v) is 4.13. The molecule has 0 aliphatic carbocycles. The molecule has 3 aromatic rings. The minimum Gasteiger partial charge on any atom is -0.494 e. The second kappa shape index (κ2) is 6.32. The maximum absolute atomic E-state index is 12.5. The Morgan fingerprint density at radius 2 is 1.96 bits per heavy atom. The number of fused-ring (bicyclic) bond motifs is 1. The van der Waals surface area contributed by atoms with Crippen LogP contribution in [0.4, 0.5) is 5.69 Å². The molecule has 0 saturated carbocycles. The summed E-state index contributed by atoms with van der Waals surface area (Å²) in [7, 11) is 0. The lowest BCUT2D eigenvalue weighted by atomic mass is 9.99. The van der Waals surface area contributed by atoms with E-state index in [9.17, 15) is 4.79 Å². The van der Waals surface area contributed by atoms with Gasteiger partial charge in [-0.05, 0) is 42.8 Å². The van der Waals surface area contributed by atoms with Crippen LogP contribution in [0.2, 0.25) is 0 Å². The molecule has 1 amide bonds. The van der Waals surface area contributed by atoms with Gasteiger partial charge in [-0.1, -0.05) is 24.3 Å². The first-order valence-corrected chi connectivity index (χ1v) is 8.19. The minimum atomic E-state index is -0.113. The van der Waals surface area contributed by atoms with Gasteiger partial charge < -0.3 is 14.5 Å². The fraction of sp³-hybridized carbons (Fsp3) is 0.0952. The summed E-state index contributed by atoms with van der Waals surface area (Å²) in [5.74, 6) is 1.41. The molecule has 0 radical (unpaired) electrons. The maximum Gasteiger partial charge on any atom is 0.256 e. The topological polar surface area (TPSA) is 51.5 Å². The second-order valence-corrected chi connectivity index (χ2v) is 5.72. The summed E-state index contributed by atoms with van der Waals surface area (Å²) in [6, 6.07) is 17.3. The Morgan fingerprint density at radius 1 is 1.08 bits per heavy atom. The standard InChI is InChI=1S/C21H17NO3/c1-2-24-15-9-10-17-18(21(23)22-19(17)13-15)12-14-6-3-4-7-16(14)20-8-5-11-25-20/h3-13H,2H2,1H3,(H,22,23)/b18-12+. The van der Waals surface area contributed by atoms with Crippen molar-refractivity contribution in [3.05, 3.63) is 72.0 Å². The van der Waals surface area contributed by atoms with Crippen molar-refractivity contribution in [1.29, 1.82) is 0 Å². The summed E-state index contributed by atoms with van der Waals surface area (Å²) in [6.07, 6.45) is 3.55. The zero-order valence-electron chi connectivity index (χ0n) is 13.8. The lowest BCUT2D eigenvalue weighted by Crippen LogP contribution is -2.03. The normalized spacial score (nSPS) is 14.4. The number of ether oxygens (including phenoxy) is 1. The van der Waals surface area contributed by atoms with Gasteiger partial charge in [0.25, 0.3) is 5.91 Å². The molecule has 2 aromatic carbocycles. The van der Waals surface area contributed by atoms with E-state index in [-0.39, 0.29) is 5.91 Å². The molecule has 4 heteroatoms. The van der Waals surface area contributed by atoms with E-state index in [2.05, 4.69) is 5.32 Å². The Balaban J connectivity index is 1.78. The second-order valence-electron chi connectivity index (χ2n) is 5.72. The summed E-state index contributed by atoms with van der Waals surface area (Å²) < 4.78 is 11.0. The van der Waals surface area contributed by atoms with Gasteiger partial charge in [0.1, 0.15) is 11.5 Å². The SMILES string of the molecule is CCOc1ccc2c(c1)NC(=O)/C2=C/c1ccccc1-c1ccco1. The first-order valence-electron chi connectivity index (χ1n) is 8.19. The zero-order chi connectivity index (χ0) is 17.2. The molecule has 124 valence electrons. The molecular weight excluding hydrogens is 314 g/mol. The van der Waals surface area contributed by atoms with Crippen LogP contribution in [0, 0.1) is 0 Å². The fourth-order valence-corrected chi connectivity index (χ4v) is 3.01. The molecular formula is C21H17NO3. The molecule has 1 N–H and O–H groups in total. The van der Waals surface area contributed by atoms with Crippen LogP contribution in [-0.4, -0.2) is 12.5 Å².